The van der Waals surface area contributed by atoms with Gasteiger partial charge in [-0.25, -0.2) is 9.97 Å². The van der Waals surface area contributed by atoms with Crippen LogP contribution < -0.4 is 10.2 Å². The first-order valence-electron chi connectivity index (χ1n) is 9.70. The van der Waals surface area contributed by atoms with Gasteiger partial charge in [-0.05, 0) is 38.0 Å². The van der Waals surface area contributed by atoms with Gasteiger partial charge >= 0.3 is 0 Å². The molecule has 0 spiro atoms. The van der Waals surface area contributed by atoms with Gasteiger partial charge in [0.25, 0.3) is 0 Å². The molecular weight excluding hydrogens is 348 g/mol. The number of hydrogen-bond acceptors (Lipinski definition) is 4. The number of para-hydroxylation sites is 1. The van der Waals surface area contributed by atoms with E-state index in [2.05, 4.69) is 34.3 Å². The fourth-order valence-electron chi connectivity index (χ4n) is 3.53. The van der Waals surface area contributed by atoms with E-state index in [0.717, 1.165) is 36.5 Å². The number of carbonyl (C=O) groups is 1. The molecule has 5 heteroatoms. The molecule has 1 N–H and O–H groups in total. The van der Waals surface area contributed by atoms with Crippen molar-refractivity contribution >= 4 is 17.4 Å². The quantitative estimate of drug-likeness (QED) is 0.741. The summed E-state index contributed by atoms with van der Waals surface area (Å²) >= 11 is 0. The molecule has 1 aliphatic heterocycles. The normalized spacial score (nSPS) is 16.6. The van der Waals surface area contributed by atoms with Crippen molar-refractivity contribution in [2.45, 2.75) is 19.8 Å². The number of benzene rings is 2. The maximum atomic E-state index is 12.7. The van der Waals surface area contributed by atoms with E-state index in [-0.39, 0.29) is 11.8 Å². The number of hydrogen-bond donors (Lipinski definition) is 1. The second-order valence-electron chi connectivity index (χ2n) is 7.24. The molecule has 0 bridgehead atoms. The fraction of sp³-hybridized carbons (Fsp3) is 0.261. The van der Waals surface area contributed by atoms with Crippen molar-refractivity contribution in [2.24, 2.45) is 5.92 Å². The van der Waals surface area contributed by atoms with Crippen molar-refractivity contribution in [1.82, 2.24) is 9.97 Å². The molecule has 3 aromatic rings. The van der Waals surface area contributed by atoms with Crippen LogP contribution >= 0.6 is 0 Å². The first-order chi connectivity index (χ1) is 13.7. The molecule has 0 radical (unpaired) electrons. The van der Waals surface area contributed by atoms with Crippen LogP contribution in [0.25, 0.3) is 11.4 Å². The largest absolute Gasteiger partial charge is 0.356 e. The van der Waals surface area contributed by atoms with Crippen LogP contribution in [0.3, 0.4) is 0 Å². The lowest BCUT2D eigenvalue weighted by atomic mass is 9.97. The van der Waals surface area contributed by atoms with Crippen LogP contribution in [0.15, 0.2) is 66.9 Å². The Morgan fingerprint density at radius 3 is 2.64 bits per heavy atom. The first-order valence-corrected chi connectivity index (χ1v) is 9.70. The molecule has 1 aliphatic rings. The molecule has 2 aromatic carbocycles. The van der Waals surface area contributed by atoms with Crippen LogP contribution in [0.2, 0.25) is 0 Å². The molecule has 1 amide bonds. The molecule has 0 saturated carbocycles. The minimum absolute atomic E-state index is 0.0493. The van der Waals surface area contributed by atoms with Crippen LogP contribution in [0.4, 0.5) is 11.5 Å². The van der Waals surface area contributed by atoms with E-state index in [9.17, 15) is 4.79 Å². The summed E-state index contributed by atoms with van der Waals surface area (Å²) in [6.07, 6.45) is 3.66. The van der Waals surface area contributed by atoms with Crippen molar-refractivity contribution in [3.05, 3.63) is 72.4 Å². The Kier molecular flexibility index (Phi) is 5.33. The predicted molar refractivity (Wildman–Crippen MR) is 112 cm³/mol. The zero-order chi connectivity index (χ0) is 19.3. The summed E-state index contributed by atoms with van der Waals surface area (Å²) in [4.78, 5) is 24.1. The lowest BCUT2D eigenvalue weighted by Crippen LogP contribution is -2.41. The minimum Gasteiger partial charge on any atom is -0.356 e. The minimum atomic E-state index is -0.0493. The summed E-state index contributed by atoms with van der Waals surface area (Å²) in [5.41, 5.74) is 3.05. The van der Waals surface area contributed by atoms with E-state index >= 15 is 0 Å². The summed E-state index contributed by atoms with van der Waals surface area (Å²) in [5.74, 6) is 1.62. The van der Waals surface area contributed by atoms with Crippen LogP contribution in [0, 0.1) is 12.8 Å². The van der Waals surface area contributed by atoms with E-state index in [1.54, 1.807) is 6.20 Å². The van der Waals surface area contributed by atoms with Gasteiger partial charge in [0.2, 0.25) is 5.91 Å². The molecule has 0 aliphatic carbocycles. The van der Waals surface area contributed by atoms with E-state index in [1.807, 2.05) is 48.5 Å². The maximum Gasteiger partial charge on any atom is 0.229 e. The fourth-order valence-corrected chi connectivity index (χ4v) is 3.53. The van der Waals surface area contributed by atoms with Gasteiger partial charge in [-0.3, -0.25) is 4.79 Å². The highest BCUT2D eigenvalue weighted by atomic mass is 16.1. The van der Waals surface area contributed by atoms with E-state index in [4.69, 9.17) is 4.98 Å². The summed E-state index contributed by atoms with van der Waals surface area (Å²) < 4.78 is 0. The zero-order valence-electron chi connectivity index (χ0n) is 16.0. The van der Waals surface area contributed by atoms with Crippen LogP contribution in [0.5, 0.6) is 0 Å². The van der Waals surface area contributed by atoms with Crippen molar-refractivity contribution < 1.29 is 4.79 Å². The molecule has 0 unspecified atom stereocenters. The first kappa shape index (κ1) is 18.2. The van der Waals surface area contributed by atoms with Gasteiger partial charge in [-0.15, -0.1) is 0 Å². The lowest BCUT2D eigenvalue weighted by Gasteiger charge is -2.33. The lowest BCUT2D eigenvalue weighted by molar-refractivity contribution is -0.120. The average molecular weight is 372 g/mol. The number of aryl methyl sites for hydroxylation is 1. The molecule has 5 nitrogen and oxygen atoms in total. The SMILES string of the molecule is Cc1ccc(-c2nccc(N3CCC[C@@H](C(=O)Nc4ccccc4)C3)n2)cc1. The highest BCUT2D eigenvalue weighted by Crippen LogP contribution is 2.25. The van der Waals surface area contributed by atoms with E-state index < -0.39 is 0 Å². The Bertz CT molecular complexity index is 940. The van der Waals surface area contributed by atoms with E-state index in [0.29, 0.717) is 12.4 Å². The standard InChI is InChI=1S/C23H24N4O/c1-17-9-11-18(12-10-17)22-24-14-13-21(26-22)27-15-5-6-19(16-27)23(28)25-20-7-3-2-4-8-20/h2-4,7-14,19H,5-6,15-16H2,1H3,(H,25,28)/t19-/m1/s1. The van der Waals surface area contributed by atoms with Gasteiger partial charge in [0.15, 0.2) is 5.82 Å². The maximum absolute atomic E-state index is 12.7. The molecule has 1 fully saturated rings. The van der Waals surface area contributed by atoms with Crippen molar-refractivity contribution in [2.75, 3.05) is 23.3 Å². The number of aromatic nitrogens is 2. The summed E-state index contributed by atoms with van der Waals surface area (Å²) in [7, 11) is 0. The topological polar surface area (TPSA) is 58.1 Å². The molecular formula is C23H24N4O. The van der Waals surface area contributed by atoms with Crippen LogP contribution in [-0.4, -0.2) is 29.0 Å². The van der Waals surface area contributed by atoms with Gasteiger partial charge in [0.1, 0.15) is 5.82 Å². The second-order valence-corrected chi connectivity index (χ2v) is 7.24. The molecule has 1 saturated heterocycles. The second kappa shape index (κ2) is 8.21. The number of piperidine rings is 1. The van der Waals surface area contributed by atoms with Gasteiger partial charge in [0, 0.05) is 30.5 Å². The van der Waals surface area contributed by atoms with Crippen molar-refractivity contribution in [1.29, 1.82) is 0 Å². The number of amides is 1. The highest BCUT2D eigenvalue weighted by molar-refractivity contribution is 5.93. The molecule has 2 heterocycles. The Labute approximate surface area is 165 Å². The monoisotopic (exact) mass is 372 g/mol. The Balaban J connectivity index is 1.48. The van der Waals surface area contributed by atoms with Crippen LogP contribution in [-0.2, 0) is 4.79 Å². The smallest absolute Gasteiger partial charge is 0.229 e. The highest BCUT2D eigenvalue weighted by Gasteiger charge is 2.26. The third-order valence-electron chi connectivity index (χ3n) is 5.11. The Hall–Kier alpha value is -3.21. The summed E-state index contributed by atoms with van der Waals surface area (Å²) in [6, 6.07) is 19.8. The predicted octanol–water partition coefficient (Wildman–Crippen LogP) is 4.31. The van der Waals surface area contributed by atoms with Gasteiger partial charge in [-0.1, -0.05) is 48.0 Å². The van der Waals surface area contributed by atoms with Crippen molar-refractivity contribution in [3.8, 4) is 11.4 Å². The summed E-state index contributed by atoms with van der Waals surface area (Å²) in [6.45, 7) is 3.64. The van der Waals surface area contributed by atoms with Crippen LogP contribution in [0.1, 0.15) is 18.4 Å². The zero-order valence-corrected chi connectivity index (χ0v) is 16.0. The number of carbonyl (C=O) groups excluding carboxylic acids is 1. The van der Waals surface area contributed by atoms with E-state index in [1.165, 1.54) is 5.56 Å². The Morgan fingerprint density at radius 1 is 1.07 bits per heavy atom. The number of nitrogens with zero attached hydrogens (tertiary/aromatic N) is 3. The number of nitrogens with one attached hydrogen (secondary N) is 1. The molecule has 142 valence electrons. The van der Waals surface area contributed by atoms with Gasteiger partial charge in [0.05, 0.1) is 5.92 Å². The molecule has 1 atom stereocenters. The third kappa shape index (κ3) is 4.19. The van der Waals surface area contributed by atoms with Gasteiger partial charge < -0.3 is 10.2 Å². The average Bonchev–Trinajstić information content (AvgIpc) is 2.75. The summed E-state index contributed by atoms with van der Waals surface area (Å²) in [5, 5.41) is 3.03. The molecule has 4 rings (SSSR count). The number of anilines is 2. The number of rotatable bonds is 4. The molecule has 28 heavy (non-hydrogen) atoms. The third-order valence-corrected chi connectivity index (χ3v) is 5.11. The Morgan fingerprint density at radius 2 is 1.86 bits per heavy atom. The van der Waals surface area contributed by atoms with Crippen molar-refractivity contribution in [3.63, 3.8) is 0 Å². The molecule has 1 aromatic heterocycles. The van der Waals surface area contributed by atoms with Gasteiger partial charge in [-0.2, -0.15) is 0 Å².